The Morgan fingerprint density at radius 2 is 1.55 bits per heavy atom. The molecule has 7 heteroatoms. The van der Waals surface area contributed by atoms with Gasteiger partial charge in [0.05, 0.1) is 17.0 Å². The number of hydrogen-bond acceptors (Lipinski definition) is 5. The van der Waals surface area contributed by atoms with Crippen LogP contribution in [0.4, 0.5) is 5.69 Å². The average molecular weight is 532 g/mol. The van der Waals surface area contributed by atoms with E-state index in [1.165, 1.54) is 17.6 Å². The number of carbonyl (C=O) groups is 1. The fourth-order valence-corrected chi connectivity index (χ4v) is 6.26. The van der Waals surface area contributed by atoms with Crippen molar-refractivity contribution in [2.45, 2.75) is 64.6 Å². The molecule has 0 bridgehead atoms. The number of anilines is 1. The number of likely N-dealkylation sites (tertiary alicyclic amines) is 2. The lowest BCUT2D eigenvalue weighted by Gasteiger charge is -2.50. The van der Waals surface area contributed by atoms with Gasteiger partial charge in [0.2, 0.25) is 0 Å². The maximum atomic E-state index is 13.3. The predicted octanol–water partition coefficient (Wildman–Crippen LogP) is 5.91. The van der Waals surface area contributed by atoms with Crippen molar-refractivity contribution in [1.82, 2.24) is 19.8 Å². The van der Waals surface area contributed by atoms with E-state index in [0.717, 1.165) is 74.8 Å². The molecule has 0 saturated carbocycles. The van der Waals surface area contributed by atoms with Gasteiger partial charge in [-0.05, 0) is 76.3 Å². The molecule has 0 N–H and O–H groups in total. The molecular weight excluding hydrogens is 494 g/mol. The van der Waals surface area contributed by atoms with Gasteiger partial charge in [-0.2, -0.15) is 0 Å². The molecule has 0 unspecified atom stereocenters. The summed E-state index contributed by atoms with van der Waals surface area (Å²) >= 11 is 6.21. The zero-order chi connectivity index (χ0) is 26.7. The summed E-state index contributed by atoms with van der Waals surface area (Å²) in [7, 11) is 0. The molecule has 0 spiro atoms. The molecule has 3 heterocycles. The van der Waals surface area contributed by atoms with E-state index in [4.69, 9.17) is 11.6 Å². The minimum atomic E-state index is 0.0703. The SMILES string of the molecule is Cc1ncnc(C)c1C(=O)N1CCC(C)(N2CCC(N(Cc3ccccc3)c3ccc(Cl)cc3)CC2)CC1. The Balaban J connectivity index is 1.22. The minimum Gasteiger partial charge on any atom is -0.364 e. The molecule has 3 aromatic rings. The van der Waals surface area contributed by atoms with Gasteiger partial charge >= 0.3 is 0 Å². The first-order valence-corrected chi connectivity index (χ1v) is 14.1. The summed E-state index contributed by atoms with van der Waals surface area (Å²) in [4.78, 5) is 29.0. The summed E-state index contributed by atoms with van der Waals surface area (Å²) in [5, 5.41) is 0.770. The van der Waals surface area contributed by atoms with Gasteiger partial charge in [0.25, 0.3) is 5.91 Å². The van der Waals surface area contributed by atoms with Crippen LogP contribution in [-0.4, -0.2) is 63.4 Å². The van der Waals surface area contributed by atoms with Crippen molar-refractivity contribution in [2.24, 2.45) is 0 Å². The Labute approximate surface area is 231 Å². The summed E-state index contributed by atoms with van der Waals surface area (Å²) < 4.78 is 0. The molecule has 2 aliphatic heterocycles. The molecule has 6 nitrogen and oxygen atoms in total. The Morgan fingerprint density at radius 3 is 2.16 bits per heavy atom. The molecule has 0 aliphatic carbocycles. The molecule has 2 fully saturated rings. The number of amides is 1. The van der Waals surface area contributed by atoms with E-state index >= 15 is 0 Å². The van der Waals surface area contributed by atoms with E-state index in [-0.39, 0.29) is 11.4 Å². The van der Waals surface area contributed by atoms with Crippen LogP contribution in [0, 0.1) is 13.8 Å². The standard InChI is InChI=1S/C31H38ClN5O/c1-23-29(24(2)34-22-33-23)30(38)35-19-15-31(3,16-20-35)36-17-13-28(14-18-36)37(21-25-7-5-4-6-8-25)27-11-9-26(32)10-12-27/h4-12,22,28H,13-21H2,1-3H3. The van der Waals surface area contributed by atoms with Gasteiger partial charge in [-0.3, -0.25) is 9.69 Å². The highest BCUT2D eigenvalue weighted by molar-refractivity contribution is 6.30. The second-order valence-electron chi connectivity index (χ2n) is 11.0. The lowest BCUT2D eigenvalue weighted by Crippen LogP contribution is -2.58. The van der Waals surface area contributed by atoms with Gasteiger partial charge in [0.1, 0.15) is 6.33 Å². The van der Waals surface area contributed by atoms with Gasteiger partial charge in [-0.25, -0.2) is 9.97 Å². The van der Waals surface area contributed by atoms with Gasteiger partial charge in [0, 0.05) is 55.0 Å². The Kier molecular flexibility index (Phi) is 8.01. The molecule has 0 atom stereocenters. The zero-order valence-corrected chi connectivity index (χ0v) is 23.5. The monoisotopic (exact) mass is 531 g/mol. The maximum Gasteiger partial charge on any atom is 0.257 e. The summed E-state index contributed by atoms with van der Waals surface area (Å²) in [5.74, 6) is 0.0703. The Bertz CT molecular complexity index is 1210. The van der Waals surface area contributed by atoms with E-state index < -0.39 is 0 Å². The third kappa shape index (κ3) is 5.71. The van der Waals surface area contributed by atoms with Gasteiger partial charge in [-0.15, -0.1) is 0 Å². The molecule has 38 heavy (non-hydrogen) atoms. The first kappa shape index (κ1) is 26.6. The number of benzene rings is 2. The molecule has 1 amide bonds. The summed E-state index contributed by atoms with van der Waals surface area (Å²) in [5.41, 5.74) is 4.85. The van der Waals surface area contributed by atoms with E-state index in [1.807, 2.05) is 30.9 Å². The number of hydrogen-bond donors (Lipinski definition) is 0. The molecule has 5 rings (SSSR count). The molecule has 1 aromatic heterocycles. The number of aryl methyl sites for hydroxylation is 2. The van der Waals surface area contributed by atoms with Crippen molar-refractivity contribution in [3.63, 3.8) is 0 Å². The summed E-state index contributed by atoms with van der Waals surface area (Å²) in [6.45, 7) is 10.7. The molecular formula is C31H38ClN5O. The Hall–Kier alpha value is -2.96. The third-order valence-corrected chi connectivity index (χ3v) is 8.84. The van der Waals surface area contributed by atoms with Crippen LogP contribution in [0.5, 0.6) is 0 Å². The zero-order valence-electron chi connectivity index (χ0n) is 22.7. The van der Waals surface area contributed by atoms with Crippen molar-refractivity contribution in [3.05, 3.63) is 88.5 Å². The van der Waals surface area contributed by atoms with E-state index in [0.29, 0.717) is 11.6 Å². The van der Waals surface area contributed by atoms with Crippen LogP contribution in [0.25, 0.3) is 0 Å². The van der Waals surface area contributed by atoms with Crippen molar-refractivity contribution >= 4 is 23.2 Å². The second kappa shape index (κ2) is 11.4. The summed E-state index contributed by atoms with van der Waals surface area (Å²) in [6, 6.07) is 19.5. The van der Waals surface area contributed by atoms with Crippen LogP contribution < -0.4 is 4.90 Å². The highest BCUT2D eigenvalue weighted by atomic mass is 35.5. The molecule has 2 saturated heterocycles. The highest BCUT2D eigenvalue weighted by Crippen LogP contribution is 2.34. The van der Waals surface area contributed by atoms with E-state index in [9.17, 15) is 4.79 Å². The second-order valence-corrected chi connectivity index (χ2v) is 11.5. The van der Waals surface area contributed by atoms with Crippen LogP contribution in [0.3, 0.4) is 0 Å². The lowest BCUT2D eigenvalue weighted by atomic mass is 9.85. The molecule has 0 radical (unpaired) electrons. The van der Waals surface area contributed by atoms with Crippen molar-refractivity contribution in [3.8, 4) is 0 Å². The Morgan fingerprint density at radius 1 is 0.947 bits per heavy atom. The average Bonchev–Trinajstić information content (AvgIpc) is 2.93. The van der Waals surface area contributed by atoms with Crippen molar-refractivity contribution < 1.29 is 4.79 Å². The summed E-state index contributed by atoms with van der Waals surface area (Å²) in [6.07, 6.45) is 5.74. The van der Waals surface area contributed by atoms with Crippen molar-refractivity contribution in [2.75, 3.05) is 31.1 Å². The largest absolute Gasteiger partial charge is 0.364 e. The third-order valence-electron chi connectivity index (χ3n) is 8.59. The number of carbonyl (C=O) groups excluding carboxylic acids is 1. The molecule has 2 aliphatic rings. The van der Waals surface area contributed by atoms with Crippen LogP contribution in [-0.2, 0) is 6.54 Å². The van der Waals surface area contributed by atoms with Crippen LogP contribution in [0.2, 0.25) is 5.02 Å². The fraction of sp³-hybridized carbons (Fsp3) is 0.452. The number of halogens is 1. The van der Waals surface area contributed by atoms with E-state index in [1.54, 1.807) is 0 Å². The molecule has 200 valence electrons. The topological polar surface area (TPSA) is 52.6 Å². The van der Waals surface area contributed by atoms with Gasteiger partial charge in [-0.1, -0.05) is 41.9 Å². The number of piperidine rings is 2. The quantitative estimate of drug-likeness (QED) is 0.395. The molecule has 2 aromatic carbocycles. The lowest BCUT2D eigenvalue weighted by molar-refractivity contribution is 0.0170. The number of rotatable bonds is 6. The smallest absolute Gasteiger partial charge is 0.257 e. The first-order valence-electron chi connectivity index (χ1n) is 13.7. The predicted molar refractivity (Wildman–Crippen MR) is 154 cm³/mol. The van der Waals surface area contributed by atoms with Crippen molar-refractivity contribution in [1.29, 1.82) is 0 Å². The number of aromatic nitrogens is 2. The number of nitrogens with zero attached hydrogens (tertiary/aromatic N) is 5. The first-order chi connectivity index (χ1) is 18.3. The van der Waals surface area contributed by atoms with Gasteiger partial charge in [0.15, 0.2) is 0 Å². The van der Waals surface area contributed by atoms with E-state index in [2.05, 4.69) is 69.2 Å². The maximum absolute atomic E-state index is 13.3. The van der Waals surface area contributed by atoms with Crippen LogP contribution in [0.15, 0.2) is 60.9 Å². The highest BCUT2D eigenvalue weighted by Gasteiger charge is 2.39. The fourth-order valence-electron chi connectivity index (χ4n) is 6.13. The minimum absolute atomic E-state index is 0.0703. The van der Waals surface area contributed by atoms with Crippen LogP contribution in [0.1, 0.15) is 59.9 Å². The van der Waals surface area contributed by atoms with Crippen LogP contribution >= 0.6 is 11.6 Å². The normalized spacial score (nSPS) is 18.4. The van der Waals surface area contributed by atoms with Gasteiger partial charge < -0.3 is 9.80 Å².